The summed E-state index contributed by atoms with van der Waals surface area (Å²) in [4.78, 5) is 18.1. The normalized spacial score (nSPS) is 10.6. The summed E-state index contributed by atoms with van der Waals surface area (Å²) in [7, 11) is 0. The lowest BCUT2D eigenvalue weighted by molar-refractivity contribution is -0.482. The maximum absolute atomic E-state index is 4.57. The number of aromatic nitrogens is 4. The number of benzene rings is 6. The Balaban J connectivity index is 0.000000201. The Morgan fingerprint density at radius 2 is 0.770 bits per heavy atom. The van der Waals surface area contributed by atoms with Crippen molar-refractivity contribution >= 4 is 46.0 Å². The molecule has 0 saturated carbocycles. The summed E-state index contributed by atoms with van der Waals surface area (Å²) in [6.07, 6.45) is 6.84. The molecule has 308 valence electrons. The molecule has 9 heteroatoms. The Hall–Kier alpha value is -6.87. The molecule has 61 heavy (non-hydrogen) atoms. The van der Waals surface area contributed by atoms with Crippen molar-refractivity contribution in [2.75, 3.05) is 16.0 Å². The van der Waals surface area contributed by atoms with Crippen LogP contribution in [0.2, 0.25) is 0 Å². The van der Waals surface area contributed by atoms with Crippen molar-refractivity contribution in [2.45, 2.75) is 55.4 Å². The van der Waals surface area contributed by atoms with E-state index >= 15 is 0 Å². The summed E-state index contributed by atoms with van der Waals surface area (Å²) < 4.78 is 0. The summed E-state index contributed by atoms with van der Waals surface area (Å²) in [5.41, 5.74) is 19.0. The van der Waals surface area contributed by atoms with Crippen molar-refractivity contribution in [1.29, 1.82) is 0 Å². The maximum Gasteiger partial charge on any atom is 0.273 e. The molecule has 5 N–H and O–H groups in total. The van der Waals surface area contributed by atoms with E-state index in [-0.39, 0.29) is 12.4 Å². The average Bonchev–Trinajstić information content (AvgIpc) is 3.19. The SMILES string of the molecule is Cc1cc(C)cc(Nc2nccnc2Nc2cccc(-c3c(C)cccc3C)c2)c1.Cc1cc(C)cc(Nc2nccnc2[NH2+]c2cccc(-c3c(C)cccc3C)c2)c1.[Cl-]. The van der Waals surface area contributed by atoms with Crippen LogP contribution in [-0.4, -0.2) is 19.9 Å². The molecule has 2 heterocycles. The van der Waals surface area contributed by atoms with E-state index < -0.39 is 0 Å². The average molecular weight is 826 g/mol. The quantitative estimate of drug-likeness (QED) is 0.102. The van der Waals surface area contributed by atoms with E-state index in [0.29, 0.717) is 11.6 Å². The fraction of sp³-hybridized carbons (Fsp3) is 0.154. The van der Waals surface area contributed by atoms with Crippen molar-refractivity contribution in [2.24, 2.45) is 0 Å². The van der Waals surface area contributed by atoms with E-state index in [1.807, 2.05) is 6.07 Å². The first-order valence-electron chi connectivity index (χ1n) is 20.3. The van der Waals surface area contributed by atoms with Gasteiger partial charge in [0.2, 0.25) is 5.82 Å². The smallest absolute Gasteiger partial charge is 0.273 e. The molecule has 0 fully saturated rings. The van der Waals surface area contributed by atoms with Crippen molar-refractivity contribution < 1.29 is 17.7 Å². The van der Waals surface area contributed by atoms with Crippen LogP contribution < -0.4 is 33.7 Å². The number of nitrogens with zero attached hydrogens (tertiary/aromatic N) is 4. The summed E-state index contributed by atoms with van der Waals surface area (Å²) in [5, 5.41) is 12.4. The van der Waals surface area contributed by atoms with Crippen LogP contribution in [0, 0.1) is 55.4 Å². The predicted octanol–water partition coefficient (Wildman–Crippen LogP) is 9.52. The highest BCUT2D eigenvalue weighted by Crippen LogP contribution is 2.32. The van der Waals surface area contributed by atoms with Gasteiger partial charge in [0.25, 0.3) is 5.82 Å². The monoisotopic (exact) mass is 824 g/mol. The molecule has 0 unspecified atom stereocenters. The van der Waals surface area contributed by atoms with E-state index in [9.17, 15) is 0 Å². The van der Waals surface area contributed by atoms with Gasteiger partial charge >= 0.3 is 0 Å². The van der Waals surface area contributed by atoms with Crippen LogP contribution in [0.25, 0.3) is 22.3 Å². The van der Waals surface area contributed by atoms with Gasteiger partial charge in [-0.15, -0.1) is 0 Å². The molecular formula is C52H53ClN8. The third-order valence-electron chi connectivity index (χ3n) is 10.2. The number of halogens is 1. The molecule has 8 rings (SSSR count). The van der Waals surface area contributed by atoms with Crippen molar-refractivity contribution in [1.82, 2.24) is 19.9 Å². The predicted molar refractivity (Wildman–Crippen MR) is 250 cm³/mol. The molecule has 6 aromatic carbocycles. The lowest BCUT2D eigenvalue weighted by atomic mass is 9.95. The highest BCUT2D eigenvalue weighted by Gasteiger charge is 2.14. The van der Waals surface area contributed by atoms with E-state index in [2.05, 4.69) is 212 Å². The molecule has 0 aliphatic rings. The van der Waals surface area contributed by atoms with Gasteiger partial charge in [-0.25, -0.2) is 15.0 Å². The van der Waals surface area contributed by atoms with Gasteiger partial charge in [0, 0.05) is 41.7 Å². The van der Waals surface area contributed by atoms with Crippen LogP contribution in [0.3, 0.4) is 0 Å². The van der Waals surface area contributed by atoms with Gasteiger partial charge in [-0.3, -0.25) is 5.32 Å². The lowest BCUT2D eigenvalue weighted by Gasteiger charge is -2.14. The Morgan fingerprint density at radius 3 is 1.28 bits per heavy atom. The Labute approximate surface area is 366 Å². The van der Waals surface area contributed by atoms with Crippen molar-refractivity contribution in [3.8, 4) is 22.3 Å². The zero-order valence-corrected chi connectivity index (χ0v) is 36.9. The van der Waals surface area contributed by atoms with Crippen LogP contribution in [0.4, 0.5) is 46.0 Å². The fourth-order valence-corrected chi connectivity index (χ4v) is 7.81. The van der Waals surface area contributed by atoms with Crippen LogP contribution in [0.5, 0.6) is 0 Å². The molecule has 0 atom stereocenters. The minimum absolute atomic E-state index is 0. The first-order valence-corrected chi connectivity index (χ1v) is 20.3. The Bertz CT molecular complexity index is 2510. The van der Waals surface area contributed by atoms with Gasteiger partial charge < -0.3 is 28.4 Å². The largest absolute Gasteiger partial charge is 1.00 e. The third kappa shape index (κ3) is 11.2. The number of nitrogens with one attached hydrogen (secondary N) is 3. The minimum Gasteiger partial charge on any atom is -1.00 e. The second-order valence-corrected chi connectivity index (χ2v) is 15.6. The highest BCUT2D eigenvalue weighted by atomic mass is 35.5. The standard InChI is InChI=1S/2C26H26N4.ClH/c2*1-17-13-18(2)15-23(14-17)30-26-25(27-11-12-28-26)29-22-10-6-9-21(16-22)24-19(3)7-5-8-20(24)4;/h2*5-16H,1-4H3,(H,27,29)(H,28,30);1H. The summed E-state index contributed by atoms with van der Waals surface area (Å²) in [6.45, 7) is 17.0. The molecule has 0 spiro atoms. The van der Waals surface area contributed by atoms with Crippen molar-refractivity contribution in [3.05, 3.63) is 191 Å². The first kappa shape index (κ1) is 43.7. The molecular weight excluding hydrogens is 772 g/mol. The summed E-state index contributed by atoms with van der Waals surface area (Å²) in [5.74, 6) is 2.95. The van der Waals surface area contributed by atoms with Crippen molar-refractivity contribution in [3.63, 3.8) is 0 Å². The first-order chi connectivity index (χ1) is 29.0. The second kappa shape index (κ2) is 19.9. The molecule has 0 saturated heterocycles. The summed E-state index contributed by atoms with van der Waals surface area (Å²) >= 11 is 0. The number of hydrogen-bond acceptors (Lipinski definition) is 7. The van der Waals surface area contributed by atoms with E-state index in [0.717, 1.165) is 34.4 Å². The topological polar surface area (TPSA) is 104 Å². The van der Waals surface area contributed by atoms with E-state index in [1.54, 1.807) is 24.8 Å². The molecule has 2 aromatic heterocycles. The number of rotatable bonds is 10. The van der Waals surface area contributed by atoms with Gasteiger partial charge in [-0.05, 0) is 165 Å². The van der Waals surface area contributed by atoms with E-state index in [1.165, 1.54) is 66.8 Å². The van der Waals surface area contributed by atoms with Gasteiger partial charge in [0.15, 0.2) is 11.6 Å². The minimum atomic E-state index is 0. The molecule has 0 amide bonds. The molecule has 0 bridgehead atoms. The molecule has 0 radical (unpaired) electrons. The second-order valence-electron chi connectivity index (χ2n) is 15.6. The Kier molecular flexibility index (Phi) is 14.3. The zero-order valence-electron chi connectivity index (χ0n) is 36.1. The molecule has 8 nitrogen and oxygen atoms in total. The number of hydrogen-bond donors (Lipinski definition) is 4. The third-order valence-corrected chi connectivity index (χ3v) is 10.2. The number of aryl methyl sites for hydroxylation is 8. The maximum atomic E-state index is 4.57. The van der Waals surface area contributed by atoms with Crippen LogP contribution in [0.1, 0.15) is 44.5 Å². The van der Waals surface area contributed by atoms with Gasteiger partial charge in [-0.1, -0.05) is 72.8 Å². The molecule has 8 aromatic rings. The fourth-order valence-electron chi connectivity index (χ4n) is 7.81. The summed E-state index contributed by atoms with van der Waals surface area (Å²) in [6, 6.07) is 42.6. The number of quaternary nitrogens is 1. The molecule has 0 aliphatic carbocycles. The highest BCUT2D eigenvalue weighted by molar-refractivity contribution is 5.78. The molecule has 0 aliphatic heterocycles. The van der Waals surface area contributed by atoms with E-state index in [4.69, 9.17) is 0 Å². The van der Waals surface area contributed by atoms with Gasteiger partial charge in [0.1, 0.15) is 5.69 Å². The number of anilines is 6. The lowest BCUT2D eigenvalue weighted by Crippen LogP contribution is -3.00. The zero-order chi connectivity index (χ0) is 42.2. The van der Waals surface area contributed by atoms with Crippen LogP contribution >= 0.6 is 0 Å². The van der Waals surface area contributed by atoms with Gasteiger partial charge in [-0.2, -0.15) is 4.98 Å². The van der Waals surface area contributed by atoms with Gasteiger partial charge in [0.05, 0.1) is 6.20 Å². The van der Waals surface area contributed by atoms with Crippen LogP contribution in [0.15, 0.2) is 146 Å². The number of nitrogens with two attached hydrogens (primary N) is 1. The Morgan fingerprint density at radius 1 is 0.377 bits per heavy atom. The van der Waals surface area contributed by atoms with Crippen LogP contribution in [-0.2, 0) is 0 Å².